The van der Waals surface area contributed by atoms with Crippen molar-refractivity contribution in [3.63, 3.8) is 0 Å². The monoisotopic (exact) mass is 299 g/mol. The molecule has 20 heavy (non-hydrogen) atoms. The zero-order valence-corrected chi connectivity index (χ0v) is 12.6. The van der Waals surface area contributed by atoms with E-state index in [9.17, 15) is 9.18 Å². The van der Waals surface area contributed by atoms with Crippen LogP contribution in [0.1, 0.15) is 32.8 Å². The predicted octanol–water partition coefficient (Wildman–Crippen LogP) is 4.41. The Morgan fingerprint density at radius 2 is 2.15 bits per heavy atom. The van der Waals surface area contributed by atoms with Gasteiger partial charge in [-0.05, 0) is 38.8 Å². The summed E-state index contributed by atoms with van der Waals surface area (Å²) < 4.78 is 18.3. The van der Waals surface area contributed by atoms with Gasteiger partial charge in [0.15, 0.2) is 0 Å². The molecule has 5 heteroatoms. The van der Waals surface area contributed by atoms with Crippen LogP contribution < -0.4 is 5.32 Å². The molecule has 0 atom stereocenters. The Morgan fingerprint density at radius 1 is 1.45 bits per heavy atom. The number of ether oxygens (including phenoxy) is 1. The van der Waals surface area contributed by atoms with E-state index in [0.29, 0.717) is 18.5 Å². The van der Waals surface area contributed by atoms with Gasteiger partial charge in [0, 0.05) is 6.54 Å². The summed E-state index contributed by atoms with van der Waals surface area (Å²) in [5, 5.41) is 2.73. The standard InChI is InChI=1S/C15H19ClFNO2/c1-15(2,3)20-14(19)18-10-5-4-7-11-8-6-9-12(17)13(11)16/h4,6-9H,5,10H2,1-3H3,(H,18,19). The van der Waals surface area contributed by atoms with Crippen LogP contribution in [0, 0.1) is 5.82 Å². The molecule has 0 saturated carbocycles. The second-order valence-corrected chi connectivity index (χ2v) is 5.64. The number of alkyl carbamates (subject to hydrolysis) is 1. The van der Waals surface area contributed by atoms with Crippen molar-refractivity contribution in [1.29, 1.82) is 0 Å². The summed E-state index contributed by atoms with van der Waals surface area (Å²) in [4.78, 5) is 11.4. The van der Waals surface area contributed by atoms with E-state index in [1.54, 1.807) is 39.0 Å². The van der Waals surface area contributed by atoms with Crippen molar-refractivity contribution in [3.05, 3.63) is 40.7 Å². The van der Waals surface area contributed by atoms with E-state index in [-0.39, 0.29) is 5.02 Å². The third-order valence-corrected chi connectivity index (χ3v) is 2.66. The molecule has 3 nitrogen and oxygen atoms in total. The van der Waals surface area contributed by atoms with Gasteiger partial charge in [-0.15, -0.1) is 0 Å². The van der Waals surface area contributed by atoms with E-state index >= 15 is 0 Å². The molecule has 0 radical (unpaired) electrons. The Morgan fingerprint density at radius 3 is 2.80 bits per heavy atom. The molecule has 110 valence electrons. The lowest BCUT2D eigenvalue weighted by atomic mass is 10.2. The molecule has 0 heterocycles. The predicted molar refractivity (Wildman–Crippen MR) is 79.3 cm³/mol. The van der Waals surface area contributed by atoms with Gasteiger partial charge in [0.2, 0.25) is 0 Å². The van der Waals surface area contributed by atoms with E-state index in [1.807, 2.05) is 6.08 Å². The minimum Gasteiger partial charge on any atom is -0.444 e. The lowest BCUT2D eigenvalue weighted by Crippen LogP contribution is -2.32. The molecule has 0 saturated heterocycles. The molecule has 1 N–H and O–H groups in total. The van der Waals surface area contributed by atoms with Crippen molar-refractivity contribution < 1.29 is 13.9 Å². The van der Waals surface area contributed by atoms with E-state index in [0.717, 1.165) is 0 Å². The van der Waals surface area contributed by atoms with Crippen LogP contribution in [0.5, 0.6) is 0 Å². The van der Waals surface area contributed by atoms with Gasteiger partial charge < -0.3 is 10.1 Å². The van der Waals surface area contributed by atoms with Crippen LogP contribution in [0.15, 0.2) is 24.3 Å². The summed E-state index contributed by atoms with van der Waals surface area (Å²) in [7, 11) is 0. The van der Waals surface area contributed by atoms with E-state index < -0.39 is 17.5 Å². The number of amides is 1. The van der Waals surface area contributed by atoms with Crippen molar-refractivity contribution in [1.82, 2.24) is 5.32 Å². The number of hydrogen-bond donors (Lipinski definition) is 1. The molecule has 1 aromatic rings. The van der Waals surface area contributed by atoms with Crippen molar-refractivity contribution in [2.45, 2.75) is 32.8 Å². The maximum absolute atomic E-state index is 13.2. The van der Waals surface area contributed by atoms with Crippen LogP contribution in [0.3, 0.4) is 0 Å². The number of carbonyl (C=O) groups excluding carboxylic acids is 1. The maximum Gasteiger partial charge on any atom is 0.407 e. The maximum atomic E-state index is 13.2. The number of halogens is 2. The third kappa shape index (κ3) is 6.06. The topological polar surface area (TPSA) is 38.3 Å². The van der Waals surface area contributed by atoms with Gasteiger partial charge in [0.1, 0.15) is 11.4 Å². The molecule has 0 bridgehead atoms. The normalized spacial score (nSPS) is 11.7. The minimum atomic E-state index is -0.505. The fraction of sp³-hybridized carbons (Fsp3) is 0.400. The molecule has 0 unspecified atom stereocenters. The first-order valence-electron chi connectivity index (χ1n) is 6.37. The van der Waals surface area contributed by atoms with Crippen LogP contribution in [-0.4, -0.2) is 18.2 Å². The van der Waals surface area contributed by atoms with E-state index in [2.05, 4.69) is 5.32 Å². The molecular formula is C15H19ClFNO2. The molecule has 1 rings (SSSR count). The average molecular weight is 300 g/mol. The Labute approximate surface area is 123 Å². The second kappa shape index (κ2) is 7.29. The summed E-state index contributed by atoms with van der Waals surface area (Å²) >= 11 is 5.81. The van der Waals surface area contributed by atoms with Crippen molar-refractivity contribution >= 4 is 23.8 Å². The zero-order chi connectivity index (χ0) is 15.2. The van der Waals surface area contributed by atoms with E-state index in [1.165, 1.54) is 6.07 Å². The Hall–Kier alpha value is -1.55. The zero-order valence-electron chi connectivity index (χ0n) is 11.9. The van der Waals surface area contributed by atoms with Crippen molar-refractivity contribution in [3.8, 4) is 0 Å². The highest BCUT2D eigenvalue weighted by Crippen LogP contribution is 2.20. The van der Waals surface area contributed by atoms with Crippen LogP contribution >= 0.6 is 11.6 Å². The van der Waals surface area contributed by atoms with Gasteiger partial charge in [-0.2, -0.15) is 0 Å². The van der Waals surface area contributed by atoms with Gasteiger partial charge in [0.25, 0.3) is 0 Å². The van der Waals surface area contributed by atoms with Crippen LogP contribution in [-0.2, 0) is 4.74 Å². The largest absolute Gasteiger partial charge is 0.444 e. The van der Waals surface area contributed by atoms with Crippen molar-refractivity contribution in [2.24, 2.45) is 0 Å². The van der Waals surface area contributed by atoms with E-state index in [4.69, 9.17) is 16.3 Å². The average Bonchev–Trinajstić information content (AvgIpc) is 2.31. The molecule has 0 aliphatic rings. The highest BCUT2D eigenvalue weighted by Gasteiger charge is 2.15. The van der Waals surface area contributed by atoms with Crippen molar-refractivity contribution in [2.75, 3.05) is 6.54 Å². The van der Waals surface area contributed by atoms with Gasteiger partial charge in [0.05, 0.1) is 5.02 Å². The lowest BCUT2D eigenvalue weighted by molar-refractivity contribution is 0.0529. The second-order valence-electron chi connectivity index (χ2n) is 5.26. The number of nitrogens with one attached hydrogen (secondary N) is 1. The Balaban J connectivity index is 2.36. The first-order valence-corrected chi connectivity index (χ1v) is 6.75. The SMILES string of the molecule is CC(C)(C)OC(=O)NCCC=Cc1cccc(F)c1Cl. The smallest absolute Gasteiger partial charge is 0.407 e. The molecule has 0 fully saturated rings. The van der Waals surface area contributed by atoms with Gasteiger partial charge >= 0.3 is 6.09 Å². The first kappa shape index (κ1) is 16.5. The fourth-order valence-corrected chi connectivity index (χ4v) is 1.62. The first-order chi connectivity index (χ1) is 9.29. The molecule has 1 amide bonds. The summed E-state index contributed by atoms with van der Waals surface area (Å²) in [6, 6.07) is 4.63. The molecule has 1 aromatic carbocycles. The molecule has 0 aliphatic heterocycles. The van der Waals surface area contributed by atoms with Gasteiger partial charge in [-0.1, -0.05) is 35.9 Å². The fourth-order valence-electron chi connectivity index (χ4n) is 1.43. The molecule has 0 spiro atoms. The number of hydrogen-bond acceptors (Lipinski definition) is 2. The van der Waals surface area contributed by atoms with Crippen LogP contribution in [0.4, 0.5) is 9.18 Å². The Bertz CT molecular complexity index is 495. The van der Waals surface area contributed by atoms with Crippen LogP contribution in [0.25, 0.3) is 6.08 Å². The summed E-state index contributed by atoms with van der Waals surface area (Å²) in [5.41, 5.74) is 0.110. The summed E-state index contributed by atoms with van der Waals surface area (Å²) in [6.45, 7) is 5.85. The van der Waals surface area contributed by atoms with Crippen LogP contribution in [0.2, 0.25) is 5.02 Å². The highest BCUT2D eigenvalue weighted by atomic mass is 35.5. The number of benzene rings is 1. The third-order valence-electron chi connectivity index (χ3n) is 2.26. The lowest BCUT2D eigenvalue weighted by Gasteiger charge is -2.19. The molecule has 0 aromatic heterocycles. The number of rotatable bonds is 4. The quantitative estimate of drug-likeness (QED) is 0.836. The highest BCUT2D eigenvalue weighted by molar-refractivity contribution is 6.32. The molecule has 0 aliphatic carbocycles. The van der Waals surface area contributed by atoms with Gasteiger partial charge in [-0.25, -0.2) is 9.18 Å². The van der Waals surface area contributed by atoms with Gasteiger partial charge in [-0.3, -0.25) is 0 Å². The summed E-state index contributed by atoms with van der Waals surface area (Å²) in [5.74, 6) is -0.444. The molecular weight excluding hydrogens is 281 g/mol. The number of carbonyl (C=O) groups is 1. The minimum absolute atomic E-state index is 0.101. The summed E-state index contributed by atoms with van der Waals surface area (Å²) in [6.07, 6.45) is 3.70. The Kier molecular flexibility index (Phi) is 6.02.